The van der Waals surface area contributed by atoms with E-state index in [2.05, 4.69) is 15.6 Å². The molecule has 14 heavy (non-hydrogen) atoms. The molecule has 0 bridgehead atoms. The molecule has 1 aliphatic heterocycles. The highest BCUT2D eigenvalue weighted by Gasteiger charge is 2.28. The van der Waals surface area contributed by atoms with Gasteiger partial charge in [0, 0.05) is 6.04 Å². The highest BCUT2D eigenvalue weighted by Crippen LogP contribution is 2.18. The Morgan fingerprint density at radius 3 is 2.79 bits per heavy atom. The van der Waals surface area contributed by atoms with E-state index >= 15 is 0 Å². The average Bonchev–Trinajstić information content (AvgIpc) is 2.94. The molecule has 76 valence electrons. The molecule has 1 fully saturated rings. The number of amidine groups is 1. The second-order valence-electron chi connectivity index (χ2n) is 3.76. The van der Waals surface area contributed by atoms with E-state index in [0.29, 0.717) is 18.4 Å². The lowest BCUT2D eigenvalue weighted by atomic mass is 10.1. The van der Waals surface area contributed by atoms with E-state index in [9.17, 15) is 9.59 Å². The average molecular weight is 195 g/mol. The van der Waals surface area contributed by atoms with Crippen molar-refractivity contribution in [3.05, 3.63) is 0 Å². The number of amides is 2. The molecule has 2 N–H and O–H groups in total. The van der Waals surface area contributed by atoms with Gasteiger partial charge in [-0.05, 0) is 19.8 Å². The molecule has 0 spiro atoms. The van der Waals surface area contributed by atoms with Crippen LogP contribution in [0.1, 0.15) is 19.8 Å². The van der Waals surface area contributed by atoms with Crippen LogP contribution in [0.4, 0.5) is 0 Å². The third-order valence-corrected chi connectivity index (χ3v) is 2.41. The fourth-order valence-electron chi connectivity index (χ4n) is 1.23. The van der Waals surface area contributed by atoms with Gasteiger partial charge in [0.05, 0.1) is 6.54 Å². The molecule has 1 aliphatic carbocycles. The van der Waals surface area contributed by atoms with Crippen LogP contribution in [-0.4, -0.2) is 30.2 Å². The summed E-state index contributed by atoms with van der Waals surface area (Å²) in [6, 6.07) is 0.545. The minimum absolute atomic E-state index is 0.252. The van der Waals surface area contributed by atoms with Gasteiger partial charge in [0.25, 0.3) is 5.91 Å². The van der Waals surface area contributed by atoms with E-state index in [-0.39, 0.29) is 11.8 Å². The van der Waals surface area contributed by atoms with Gasteiger partial charge in [-0.1, -0.05) is 0 Å². The summed E-state index contributed by atoms with van der Waals surface area (Å²) < 4.78 is 0. The summed E-state index contributed by atoms with van der Waals surface area (Å²) in [6.45, 7) is 2.04. The standard InChI is InChI=1S/C9H13N3O2/c1-5-8(13)11-7(12-9(5)14)4-10-6-2-3-6/h5-6,10H,2-4H2,1H3,(H,11,12,13,14). The zero-order valence-electron chi connectivity index (χ0n) is 8.04. The van der Waals surface area contributed by atoms with Crippen molar-refractivity contribution in [3.8, 4) is 0 Å². The Hall–Kier alpha value is -1.23. The minimum atomic E-state index is -0.639. The highest BCUT2D eigenvalue weighted by atomic mass is 16.2. The second-order valence-corrected chi connectivity index (χ2v) is 3.76. The van der Waals surface area contributed by atoms with Gasteiger partial charge in [0.1, 0.15) is 11.8 Å². The maximum atomic E-state index is 11.2. The quantitative estimate of drug-likeness (QED) is 0.592. The normalized spacial score (nSPS) is 27.2. The zero-order valence-corrected chi connectivity index (χ0v) is 8.04. The third-order valence-electron chi connectivity index (χ3n) is 2.41. The predicted molar refractivity (Wildman–Crippen MR) is 50.8 cm³/mol. The van der Waals surface area contributed by atoms with Crippen molar-refractivity contribution in [3.63, 3.8) is 0 Å². The maximum Gasteiger partial charge on any atom is 0.259 e. The van der Waals surface area contributed by atoms with Crippen LogP contribution in [-0.2, 0) is 9.59 Å². The summed E-state index contributed by atoms with van der Waals surface area (Å²) in [6.07, 6.45) is 2.34. The van der Waals surface area contributed by atoms with Crippen molar-refractivity contribution < 1.29 is 9.59 Å². The molecular weight excluding hydrogens is 182 g/mol. The summed E-state index contributed by atoms with van der Waals surface area (Å²) in [5, 5.41) is 5.79. The summed E-state index contributed by atoms with van der Waals surface area (Å²) in [5.41, 5.74) is 0. The van der Waals surface area contributed by atoms with Gasteiger partial charge >= 0.3 is 0 Å². The van der Waals surface area contributed by atoms with E-state index in [4.69, 9.17) is 0 Å². The first-order chi connectivity index (χ1) is 6.66. The van der Waals surface area contributed by atoms with Gasteiger partial charge < -0.3 is 10.6 Å². The molecule has 0 saturated heterocycles. The number of aliphatic imine (C=N–C) groups is 1. The van der Waals surface area contributed by atoms with Crippen molar-refractivity contribution in [1.29, 1.82) is 0 Å². The zero-order chi connectivity index (χ0) is 10.1. The predicted octanol–water partition coefficient (Wildman–Crippen LogP) is -0.571. The number of hydrogen-bond donors (Lipinski definition) is 2. The number of nitrogens with zero attached hydrogens (tertiary/aromatic N) is 1. The number of carbonyl (C=O) groups is 2. The van der Waals surface area contributed by atoms with Crippen LogP contribution >= 0.6 is 0 Å². The lowest BCUT2D eigenvalue weighted by Gasteiger charge is -2.17. The Labute approximate surface area is 82.0 Å². The summed E-state index contributed by atoms with van der Waals surface area (Å²) in [4.78, 5) is 26.2. The Morgan fingerprint density at radius 1 is 1.50 bits per heavy atom. The molecule has 1 heterocycles. The van der Waals surface area contributed by atoms with Crippen LogP contribution in [0.25, 0.3) is 0 Å². The van der Waals surface area contributed by atoms with E-state index in [0.717, 1.165) is 0 Å². The third kappa shape index (κ3) is 1.98. The molecule has 0 aromatic carbocycles. The molecule has 0 aromatic heterocycles. The fourth-order valence-corrected chi connectivity index (χ4v) is 1.23. The van der Waals surface area contributed by atoms with E-state index in [1.54, 1.807) is 6.92 Å². The number of carbonyl (C=O) groups excluding carboxylic acids is 2. The first-order valence-electron chi connectivity index (χ1n) is 4.82. The summed E-state index contributed by atoms with van der Waals surface area (Å²) >= 11 is 0. The van der Waals surface area contributed by atoms with Gasteiger partial charge in [0.2, 0.25) is 5.91 Å². The molecule has 5 nitrogen and oxygen atoms in total. The number of hydrogen-bond acceptors (Lipinski definition) is 3. The first-order valence-corrected chi connectivity index (χ1v) is 4.82. The van der Waals surface area contributed by atoms with Gasteiger partial charge in [-0.2, -0.15) is 4.99 Å². The Kier molecular flexibility index (Phi) is 2.33. The van der Waals surface area contributed by atoms with E-state index in [1.165, 1.54) is 12.8 Å². The fraction of sp³-hybridized carbons (Fsp3) is 0.667. The molecule has 2 aliphatic rings. The van der Waals surface area contributed by atoms with Crippen LogP contribution in [0, 0.1) is 5.92 Å². The van der Waals surface area contributed by atoms with Crippen LogP contribution in [0.3, 0.4) is 0 Å². The molecule has 2 rings (SSSR count). The summed E-state index contributed by atoms with van der Waals surface area (Å²) in [5.74, 6) is -0.788. The van der Waals surface area contributed by atoms with Gasteiger partial charge in [0.15, 0.2) is 0 Å². The van der Waals surface area contributed by atoms with E-state index < -0.39 is 5.92 Å². The molecule has 1 atom stereocenters. The monoisotopic (exact) mass is 195 g/mol. The molecule has 5 heteroatoms. The first kappa shape index (κ1) is 9.33. The molecule has 0 radical (unpaired) electrons. The van der Waals surface area contributed by atoms with Gasteiger partial charge in [-0.15, -0.1) is 0 Å². The highest BCUT2D eigenvalue weighted by molar-refractivity contribution is 6.16. The van der Waals surface area contributed by atoms with Crippen molar-refractivity contribution in [2.45, 2.75) is 25.8 Å². The molecule has 2 amide bonds. The molecule has 0 aromatic rings. The Morgan fingerprint density at radius 2 is 2.21 bits per heavy atom. The van der Waals surface area contributed by atoms with Crippen LogP contribution < -0.4 is 10.6 Å². The molecular formula is C9H13N3O2. The van der Waals surface area contributed by atoms with Gasteiger partial charge in [-0.3, -0.25) is 9.59 Å². The number of nitrogens with one attached hydrogen (secondary N) is 2. The smallest absolute Gasteiger partial charge is 0.259 e. The Bertz CT molecular complexity index is 307. The lowest BCUT2D eigenvalue weighted by molar-refractivity contribution is -0.132. The van der Waals surface area contributed by atoms with Crippen molar-refractivity contribution in [2.75, 3.05) is 6.54 Å². The van der Waals surface area contributed by atoms with Gasteiger partial charge in [-0.25, -0.2) is 0 Å². The van der Waals surface area contributed by atoms with Crippen LogP contribution in [0.5, 0.6) is 0 Å². The van der Waals surface area contributed by atoms with Crippen LogP contribution in [0.2, 0.25) is 0 Å². The van der Waals surface area contributed by atoms with E-state index in [1.807, 2.05) is 0 Å². The SMILES string of the molecule is CC1C(=O)N=C(CNC2CC2)NC1=O. The van der Waals surface area contributed by atoms with Crippen molar-refractivity contribution >= 4 is 17.6 Å². The van der Waals surface area contributed by atoms with Crippen molar-refractivity contribution in [1.82, 2.24) is 10.6 Å². The molecule has 1 unspecified atom stereocenters. The lowest BCUT2D eigenvalue weighted by Crippen LogP contribution is -2.46. The largest absolute Gasteiger partial charge is 0.312 e. The minimum Gasteiger partial charge on any atom is -0.312 e. The maximum absolute atomic E-state index is 11.2. The van der Waals surface area contributed by atoms with Crippen LogP contribution in [0.15, 0.2) is 4.99 Å². The van der Waals surface area contributed by atoms with Crippen molar-refractivity contribution in [2.24, 2.45) is 10.9 Å². The Balaban J connectivity index is 1.94. The number of rotatable bonds is 3. The topological polar surface area (TPSA) is 70.6 Å². The summed E-state index contributed by atoms with van der Waals surface area (Å²) in [7, 11) is 0. The second kappa shape index (κ2) is 3.49. The molecule has 1 saturated carbocycles.